The van der Waals surface area contributed by atoms with E-state index in [9.17, 15) is 5.41 Å². The molecule has 250 valence electrons. The summed E-state index contributed by atoms with van der Waals surface area (Å²) in [6.45, 7) is 0. The van der Waals surface area contributed by atoms with Crippen LogP contribution >= 0.6 is 0 Å². The van der Waals surface area contributed by atoms with Crippen LogP contribution in [0.25, 0.3) is 44.5 Å². The van der Waals surface area contributed by atoms with E-state index in [-0.39, 0.29) is 5.84 Å². The molecule has 2 N–H and O–H groups in total. The van der Waals surface area contributed by atoms with Gasteiger partial charge in [-0.2, -0.15) is 0 Å². The summed E-state index contributed by atoms with van der Waals surface area (Å²) in [5, 5.41) is 9.22. The van der Waals surface area contributed by atoms with Gasteiger partial charge in [-0.25, -0.2) is 4.99 Å². The highest BCUT2D eigenvalue weighted by Gasteiger charge is 2.52. The van der Waals surface area contributed by atoms with Crippen molar-refractivity contribution >= 4 is 5.84 Å². The molecule has 0 bridgehead atoms. The van der Waals surface area contributed by atoms with Crippen molar-refractivity contribution in [3.63, 3.8) is 0 Å². The van der Waals surface area contributed by atoms with Gasteiger partial charge in [-0.15, -0.1) is 0 Å². The number of rotatable bonds is 4. The molecule has 1 aliphatic carbocycles. The Labute approximate surface area is 307 Å². The minimum Gasteiger partial charge on any atom is -0.457 e. The Bertz CT molecular complexity index is 2740. The molecule has 53 heavy (non-hydrogen) atoms. The molecule has 6 aromatic carbocycles. The van der Waals surface area contributed by atoms with Crippen LogP contribution in [0.15, 0.2) is 187 Å². The largest absolute Gasteiger partial charge is 0.457 e. The lowest BCUT2D eigenvalue weighted by molar-refractivity contribution is 0.434. The predicted molar refractivity (Wildman–Crippen MR) is 211 cm³/mol. The Hall–Kier alpha value is -7.11. The van der Waals surface area contributed by atoms with Gasteiger partial charge in [-0.3, -0.25) is 10.4 Å². The maximum Gasteiger partial charge on any atom is 0.154 e. The number of hydrogen-bond acceptors (Lipinski definition) is 3. The summed E-state index contributed by atoms with van der Waals surface area (Å²) in [5.41, 5.74) is 13.5. The molecule has 5 heteroatoms. The highest BCUT2D eigenvalue weighted by Crippen LogP contribution is 2.61. The summed E-state index contributed by atoms with van der Waals surface area (Å²) < 4.78 is 6.50. The first-order valence-electron chi connectivity index (χ1n) is 17.7. The van der Waals surface area contributed by atoms with Crippen LogP contribution in [0.5, 0.6) is 11.5 Å². The van der Waals surface area contributed by atoms with Crippen molar-refractivity contribution in [1.29, 1.82) is 5.41 Å². The number of para-hydroxylation sites is 2. The van der Waals surface area contributed by atoms with Crippen LogP contribution in [0, 0.1) is 5.41 Å². The molecule has 0 saturated heterocycles. The van der Waals surface area contributed by atoms with Gasteiger partial charge in [0.25, 0.3) is 0 Å². The summed E-state index contributed by atoms with van der Waals surface area (Å²) in [4.78, 5) is 13.4. The molecular weight excluding hydrogens is 649 g/mol. The molecule has 0 radical (unpaired) electrons. The Morgan fingerprint density at radius 3 is 1.94 bits per heavy atom. The second-order valence-corrected chi connectivity index (χ2v) is 13.4. The third kappa shape index (κ3) is 4.89. The van der Waals surface area contributed by atoms with Crippen molar-refractivity contribution < 1.29 is 4.74 Å². The molecule has 0 saturated carbocycles. The highest BCUT2D eigenvalue weighted by atomic mass is 16.5. The summed E-state index contributed by atoms with van der Waals surface area (Å²) in [5.74, 6) is 1.84. The number of amidine groups is 1. The van der Waals surface area contributed by atoms with Crippen molar-refractivity contribution in [2.75, 3.05) is 0 Å². The summed E-state index contributed by atoms with van der Waals surface area (Å²) >= 11 is 0. The Balaban J connectivity index is 1.10. The van der Waals surface area contributed by atoms with Crippen LogP contribution < -0.4 is 10.2 Å². The maximum atomic E-state index is 9.22. The van der Waals surface area contributed by atoms with E-state index in [0.717, 1.165) is 84.0 Å². The van der Waals surface area contributed by atoms with Gasteiger partial charge in [0.1, 0.15) is 17.0 Å². The zero-order chi connectivity index (χ0) is 35.4. The van der Waals surface area contributed by atoms with Gasteiger partial charge in [0.2, 0.25) is 0 Å². The molecule has 1 aliphatic heterocycles. The number of H-pyrrole nitrogens is 1. The molecule has 2 aromatic heterocycles. The highest BCUT2D eigenvalue weighted by molar-refractivity contribution is 5.98. The first-order valence-corrected chi connectivity index (χ1v) is 17.7. The lowest BCUT2D eigenvalue weighted by Crippen LogP contribution is -2.33. The summed E-state index contributed by atoms with van der Waals surface area (Å²) in [6, 6.07) is 58.3. The smallest absolute Gasteiger partial charge is 0.154 e. The fourth-order valence-electron chi connectivity index (χ4n) is 8.10. The number of aromatic nitrogens is 2. The van der Waals surface area contributed by atoms with E-state index in [1.54, 1.807) is 0 Å². The van der Waals surface area contributed by atoms with Crippen LogP contribution in [0.1, 0.15) is 27.9 Å². The van der Waals surface area contributed by atoms with Crippen molar-refractivity contribution in [1.82, 2.24) is 9.97 Å². The second-order valence-electron chi connectivity index (χ2n) is 13.4. The molecule has 3 heterocycles. The van der Waals surface area contributed by atoms with Crippen LogP contribution in [-0.4, -0.2) is 15.8 Å². The third-order valence-corrected chi connectivity index (χ3v) is 10.5. The monoisotopic (exact) mass is 680 g/mol. The first-order chi connectivity index (χ1) is 26.2. The summed E-state index contributed by atoms with van der Waals surface area (Å²) in [7, 11) is 0. The Morgan fingerprint density at radius 2 is 1.19 bits per heavy atom. The SMILES string of the molecule is N=C(N=c1[nH]cc(-c2ccccc2)cc1-c1ccccc1)c1cccc(-c2ccc3c(c2)C2(c4ccccc4Oc4ccccc42)c2ncccc2-3)c1. The number of pyridine rings is 2. The standard InChI is InChI=1S/C48H32N4O/c49-46(52-47-39(32-15-5-2-6-16-32)28-36(30-51-47)31-13-3-1-4-14-31)35-18-11-17-33(27-35)34-24-25-37-38-19-12-26-50-45(38)48(42(37)29-34)40-20-7-9-22-43(40)53-44-23-10-8-21-41(44)48/h1-30H,(H2,49,51,52). The van der Waals surface area contributed by atoms with Crippen LogP contribution in [-0.2, 0) is 5.41 Å². The molecule has 8 aromatic rings. The van der Waals surface area contributed by atoms with Crippen molar-refractivity contribution in [2.45, 2.75) is 5.41 Å². The summed E-state index contributed by atoms with van der Waals surface area (Å²) in [6.07, 6.45) is 3.85. The van der Waals surface area contributed by atoms with Crippen molar-refractivity contribution in [3.05, 3.63) is 216 Å². The molecule has 0 fully saturated rings. The van der Waals surface area contributed by atoms with Gasteiger partial charge >= 0.3 is 0 Å². The maximum absolute atomic E-state index is 9.22. The minimum absolute atomic E-state index is 0.175. The Kier molecular flexibility index (Phi) is 7.12. The zero-order valence-corrected chi connectivity index (χ0v) is 28.6. The van der Waals surface area contributed by atoms with Crippen molar-refractivity contribution in [2.24, 2.45) is 4.99 Å². The van der Waals surface area contributed by atoms with Gasteiger partial charge < -0.3 is 9.72 Å². The molecule has 0 amide bonds. The lowest BCUT2D eigenvalue weighted by Gasteiger charge is -2.38. The average Bonchev–Trinajstić information content (AvgIpc) is 3.51. The normalized spacial score (nSPS) is 13.4. The van der Waals surface area contributed by atoms with Crippen LogP contribution in [0.4, 0.5) is 0 Å². The van der Waals surface area contributed by atoms with E-state index in [2.05, 4.69) is 96.0 Å². The molecule has 0 atom stereocenters. The van der Waals surface area contributed by atoms with E-state index in [1.807, 2.05) is 91.3 Å². The second kappa shape index (κ2) is 12.3. The molecule has 0 unspecified atom stereocenters. The van der Waals surface area contributed by atoms with Gasteiger partial charge in [0, 0.05) is 40.2 Å². The van der Waals surface area contributed by atoms with E-state index < -0.39 is 5.41 Å². The van der Waals surface area contributed by atoms with Crippen molar-refractivity contribution in [3.8, 4) is 56.0 Å². The van der Waals surface area contributed by atoms with Gasteiger partial charge in [0.15, 0.2) is 5.84 Å². The molecule has 2 aliphatic rings. The van der Waals surface area contributed by atoms with Crippen LogP contribution in [0.3, 0.4) is 0 Å². The minimum atomic E-state index is -0.650. The third-order valence-electron chi connectivity index (χ3n) is 10.5. The quantitative estimate of drug-likeness (QED) is 0.143. The number of ether oxygens (including phenoxy) is 1. The average molecular weight is 681 g/mol. The fourth-order valence-corrected chi connectivity index (χ4v) is 8.10. The molecule has 10 rings (SSSR count). The lowest BCUT2D eigenvalue weighted by atomic mass is 9.67. The topological polar surface area (TPSA) is 74.1 Å². The van der Waals surface area contributed by atoms with E-state index in [0.29, 0.717) is 5.49 Å². The number of aromatic amines is 1. The van der Waals surface area contributed by atoms with Gasteiger partial charge in [-0.05, 0) is 75.3 Å². The van der Waals surface area contributed by atoms with E-state index >= 15 is 0 Å². The molecule has 5 nitrogen and oxygen atoms in total. The number of nitrogens with one attached hydrogen (secondary N) is 2. The number of fused-ring (bicyclic) bond motifs is 9. The van der Waals surface area contributed by atoms with E-state index in [1.165, 1.54) is 0 Å². The van der Waals surface area contributed by atoms with E-state index in [4.69, 9.17) is 14.7 Å². The van der Waals surface area contributed by atoms with Crippen LogP contribution in [0.2, 0.25) is 0 Å². The molecular formula is C48H32N4O. The zero-order valence-electron chi connectivity index (χ0n) is 28.6. The molecule has 1 spiro atoms. The Morgan fingerprint density at radius 1 is 0.528 bits per heavy atom. The number of nitrogens with zero attached hydrogens (tertiary/aromatic N) is 2. The first kappa shape index (κ1) is 30.7. The van der Waals surface area contributed by atoms with Gasteiger partial charge in [-0.1, -0.05) is 133 Å². The number of hydrogen-bond donors (Lipinski definition) is 2. The number of benzene rings is 6. The van der Waals surface area contributed by atoms with Gasteiger partial charge in [0.05, 0.1) is 11.1 Å². The fraction of sp³-hybridized carbons (Fsp3) is 0.0208. The predicted octanol–water partition coefficient (Wildman–Crippen LogP) is 10.8.